The standard InChI is InChI=1S/C13H19NO3/c1-9(2)17-13(16)12(14-3)8-10-5-4-6-11(15)7-10/h4-7,9,12,14-15H,8H2,1-3H3. The van der Waals surface area contributed by atoms with Gasteiger partial charge in [0.05, 0.1) is 6.10 Å². The Morgan fingerprint density at radius 2 is 2.18 bits per heavy atom. The van der Waals surface area contributed by atoms with Crippen molar-refractivity contribution in [3.63, 3.8) is 0 Å². The molecule has 4 nitrogen and oxygen atoms in total. The number of carbonyl (C=O) groups excluding carboxylic acids is 1. The van der Waals surface area contributed by atoms with E-state index >= 15 is 0 Å². The maximum atomic E-state index is 11.7. The predicted molar refractivity (Wildman–Crippen MR) is 65.9 cm³/mol. The van der Waals surface area contributed by atoms with E-state index < -0.39 is 0 Å². The Kier molecular flexibility index (Phi) is 4.97. The Bertz CT molecular complexity index is 377. The number of likely N-dealkylation sites (N-methyl/N-ethyl adjacent to an activating group) is 1. The smallest absolute Gasteiger partial charge is 0.323 e. The Hall–Kier alpha value is -1.55. The van der Waals surface area contributed by atoms with Crippen LogP contribution < -0.4 is 5.32 Å². The highest BCUT2D eigenvalue weighted by molar-refractivity contribution is 5.76. The molecule has 1 aromatic carbocycles. The van der Waals surface area contributed by atoms with Crippen LogP contribution in [0.15, 0.2) is 24.3 Å². The lowest BCUT2D eigenvalue weighted by Crippen LogP contribution is -2.38. The minimum Gasteiger partial charge on any atom is -0.508 e. The molecule has 0 aliphatic rings. The molecule has 1 atom stereocenters. The fourth-order valence-corrected chi connectivity index (χ4v) is 1.54. The van der Waals surface area contributed by atoms with Crippen LogP contribution in [0.1, 0.15) is 19.4 Å². The number of nitrogens with one attached hydrogen (secondary N) is 1. The van der Waals surface area contributed by atoms with Crippen LogP contribution in [0.3, 0.4) is 0 Å². The largest absolute Gasteiger partial charge is 0.508 e. The van der Waals surface area contributed by atoms with Gasteiger partial charge in [-0.25, -0.2) is 0 Å². The van der Waals surface area contributed by atoms with Gasteiger partial charge in [-0.2, -0.15) is 0 Å². The molecule has 0 amide bonds. The molecule has 0 fully saturated rings. The minimum atomic E-state index is -0.390. The van der Waals surface area contributed by atoms with Crippen molar-refractivity contribution in [2.24, 2.45) is 0 Å². The molecule has 0 aromatic heterocycles. The Labute approximate surface area is 102 Å². The lowest BCUT2D eigenvalue weighted by Gasteiger charge is -2.17. The van der Waals surface area contributed by atoms with E-state index in [1.165, 1.54) is 0 Å². The SMILES string of the molecule is CNC(Cc1cccc(O)c1)C(=O)OC(C)C. The van der Waals surface area contributed by atoms with E-state index in [1.807, 2.05) is 19.9 Å². The molecule has 1 unspecified atom stereocenters. The minimum absolute atomic E-state index is 0.123. The van der Waals surface area contributed by atoms with Gasteiger partial charge in [0.1, 0.15) is 11.8 Å². The van der Waals surface area contributed by atoms with Gasteiger partial charge in [-0.3, -0.25) is 4.79 Å². The van der Waals surface area contributed by atoms with Gasteiger partial charge in [-0.1, -0.05) is 12.1 Å². The number of phenolic OH excluding ortho intramolecular Hbond substituents is 1. The molecule has 0 saturated carbocycles. The van der Waals surface area contributed by atoms with Gasteiger partial charge in [-0.05, 0) is 45.0 Å². The molecule has 0 aliphatic carbocycles. The van der Waals surface area contributed by atoms with Gasteiger partial charge in [0.15, 0.2) is 0 Å². The van der Waals surface area contributed by atoms with Gasteiger partial charge in [0.2, 0.25) is 0 Å². The summed E-state index contributed by atoms with van der Waals surface area (Å²) in [6.45, 7) is 3.64. The Morgan fingerprint density at radius 1 is 1.47 bits per heavy atom. The van der Waals surface area contributed by atoms with Crippen molar-refractivity contribution in [3.8, 4) is 5.75 Å². The summed E-state index contributed by atoms with van der Waals surface area (Å²) in [5.41, 5.74) is 0.894. The molecule has 0 spiro atoms. The van der Waals surface area contributed by atoms with Gasteiger partial charge in [0, 0.05) is 0 Å². The van der Waals surface area contributed by atoms with Crippen molar-refractivity contribution < 1.29 is 14.6 Å². The lowest BCUT2D eigenvalue weighted by molar-refractivity contribution is -0.149. The fourth-order valence-electron chi connectivity index (χ4n) is 1.54. The molecule has 1 rings (SSSR count). The summed E-state index contributed by atoms with van der Waals surface area (Å²) >= 11 is 0. The molecule has 0 saturated heterocycles. The van der Waals surface area contributed by atoms with E-state index in [4.69, 9.17) is 4.74 Å². The van der Waals surface area contributed by atoms with E-state index in [9.17, 15) is 9.90 Å². The van der Waals surface area contributed by atoms with Crippen molar-refractivity contribution >= 4 is 5.97 Å². The van der Waals surface area contributed by atoms with Gasteiger partial charge in [-0.15, -0.1) is 0 Å². The maximum Gasteiger partial charge on any atom is 0.323 e. The number of phenols is 1. The predicted octanol–water partition coefficient (Wildman–Crippen LogP) is 1.47. The van der Waals surface area contributed by atoms with Crippen LogP contribution in [0.4, 0.5) is 0 Å². The van der Waals surface area contributed by atoms with E-state index in [1.54, 1.807) is 25.2 Å². The molecule has 0 heterocycles. The molecule has 4 heteroatoms. The zero-order valence-electron chi connectivity index (χ0n) is 10.4. The van der Waals surface area contributed by atoms with Crippen LogP contribution in [0.5, 0.6) is 5.75 Å². The first kappa shape index (κ1) is 13.5. The normalized spacial score (nSPS) is 12.5. The highest BCUT2D eigenvalue weighted by Gasteiger charge is 2.19. The Morgan fingerprint density at radius 3 is 2.71 bits per heavy atom. The first-order chi connectivity index (χ1) is 8.02. The van der Waals surface area contributed by atoms with Crippen LogP contribution in [0.2, 0.25) is 0 Å². The van der Waals surface area contributed by atoms with E-state index in [2.05, 4.69) is 5.32 Å². The molecule has 17 heavy (non-hydrogen) atoms. The quantitative estimate of drug-likeness (QED) is 0.761. The van der Waals surface area contributed by atoms with Gasteiger partial charge < -0.3 is 15.2 Å². The summed E-state index contributed by atoms with van der Waals surface area (Å²) in [7, 11) is 1.72. The second kappa shape index (κ2) is 6.25. The van der Waals surface area contributed by atoms with Crippen LogP contribution in [-0.2, 0) is 16.0 Å². The summed E-state index contributed by atoms with van der Waals surface area (Å²) in [6.07, 6.45) is 0.374. The molecule has 0 radical (unpaired) electrons. The maximum absolute atomic E-state index is 11.7. The van der Waals surface area contributed by atoms with Crippen molar-refractivity contribution in [2.45, 2.75) is 32.4 Å². The van der Waals surface area contributed by atoms with E-state index in [-0.39, 0.29) is 23.9 Å². The third-order valence-electron chi connectivity index (χ3n) is 2.34. The molecular weight excluding hydrogens is 218 g/mol. The van der Waals surface area contributed by atoms with Crippen molar-refractivity contribution in [1.82, 2.24) is 5.32 Å². The van der Waals surface area contributed by atoms with Crippen LogP contribution in [0, 0.1) is 0 Å². The van der Waals surface area contributed by atoms with Crippen LogP contribution >= 0.6 is 0 Å². The summed E-state index contributed by atoms with van der Waals surface area (Å²) < 4.78 is 5.14. The van der Waals surface area contributed by atoms with Crippen molar-refractivity contribution in [1.29, 1.82) is 0 Å². The average molecular weight is 237 g/mol. The molecular formula is C13H19NO3. The average Bonchev–Trinajstić information content (AvgIpc) is 2.24. The molecule has 94 valence electrons. The summed E-state index contributed by atoms with van der Waals surface area (Å²) in [4.78, 5) is 11.7. The second-order valence-electron chi connectivity index (χ2n) is 4.20. The summed E-state index contributed by atoms with van der Waals surface area (Å²) in [6, 6.07) is 6.48. The first-order valence-corrected chi connectivity index (χ1v) is 5.68. The summed E-state index contributed by atoms with van der Waals surface area (Å²) in [5.74, 6) is -0.0691. The van der Waals surface area contributed by atoms with Crippen molar-refractivity contribution in [3.05, 3.63) is 29.8 Å². The summed E-state index contributed by atoms with van der Waals surface area (Å²) in [5, 5.41) is 12.3. The van der Waals surface area contributed by atoms with E-state index in [0.717, 1.165) is 5.56 Å². The first-order valence-electron chi connectivity index (χ1n) is 5.68. The third kappa shape index (κ3) is 4.44. The fraction of sp³-hybridized carbons (Fsp3) is 0.462. The highest BCUT2D eigenvalue weighted by atomic mass is 16.5. The van der Waals surface area contributed by atoms with Crippen molar-refractivity contribution in [2.75, 3.05) is 7.05 Å². The molecule has 0 bridgehead atoms. The monoisotopic (exact) mass is 237 g/mol. The van der Waals surface area contributed by atoms with Crippen LogP contribution in [0.25, 0.3) is 0 Å². The topological polar surface area (TPSA) is 58.6 Å². The van der Waals surface area contributed by atoms with Gasteiger partial charge >= 0.3 is 5.97 Å². The highest BCUT2D eigenvalue weighted by Crippen LogP contribution is 2.13. The number of ether oxygens (including phenoxy) is 1. The Balaban J connectivity index is 2.66. The number of hydrogen-bond donors (Lipinski definition) is 2. The molecule has 1 aromatic rings. The number of aromatic hydroxyl groups is 1. The van der Waals surface area contributed by atoms with Gasteiger partial charge in [0.25, 0.3) is 0 Å². The molecule has 2 N–H and O–H groups in total. The molecule has 0 aliphatic heterocycles. The lowest BCUT2D eigenvalue weighted by atomic mass is 10.1. The number of benzene rings is 1. The number of carbonyl (C=O) groups is 1. The third-order valence-corrected chi connectivity index (χ3v) is 2.34. The number of esters is 1. The second-order valence-corrected chi connectivity index (χ2v) is 4.20. The van der Waals surface area contributed by atoms with E-state index in [0.29, 0.717) is 6.42 Å². The zero-order valence-corrected chi connectivity index (χ0v) is 10.4. The number of hydrogen-bond acceptors (Lipinski definition) is 4. The van der Waals surface area contributed by atoms with Crippen LogP contribution in [-0.4, -0.2) is 30.3 Å². The zero-order chi connectivity index (χ0) is 12.8. The number of rotatable bonds is 5.